The van der Waals surface area contributed by atoms with Gasteiger partial charge in [0.25, 0.3) is 15.7 Å². The Morgan fingerprint density at radius 2 is 2.05 bits per heavy atom. The smallest absolute Gasteiger partial charge is 0.292 e. The zero-order valence-electron chi connectivity index (χ0n) is 9.92. The Kier molecular flexibility index (Phi) is 3.48. The number of hydrogen-bond acceptors (Lipinski definition) is 7. The zero-order chi connectivity index (χ0) is 14.8. The number of nitrogens with one attached hydrogen (secondary N) is 1. The number of benzene rings is 1. The summed E-state index contributed by atoms with van der Waals surface area (Å²) >= 11 is 0. The SMILES string of the molecule is Nc1cc(S(=O)(=O)Nc2cccnn2)ccc1[N+](=O)[O-]. The Labute approximate surface area is 113 Å². The summed E-state index contributed by atoms with van der Waals surface area (Å²) in [4.78, 5) is 9.72. The Hall–Kier alpha value is -2.75. The van der Waals surface area contributed by atoms with Gasteiger partial charge in [-0.2, -0.15) is 5.10 Å². The molecule has 0 fully saturated rings. The molecular formula is C10H9N5O4S. The Balaban J connectivity index is 2.35. The van der Waals surface area contributed by atoms with Crippen molar-refractivity contribution in [3.63, 3.8) is 0 Å². The molecule has 104 valence electrons. The minimum Gasteiger partial charge on any atom is -0.393 e. The van der Waals surface area contributed by atoms with Crippen molar-refractivity contribution in [2.24, 2.45) is 0 Å². The van der Waals surface area contributed by atoms with Crippen molar-refractivity contribution in [1.82, 2.24) is 10.2 Å². The van der Waals surface area contributed by atoms with Gasteiger partial charge in [0, 0.05) is 12.3 Å². The molecule has 1 heterocycles. The largest absolute Gasteiger partial charge is 0.393 e. The second-order valence-electron chi connectivity index (χ2n) is 3.69. The molecule has 3 N–H and O–H groups in total. The first kappa shape index (κ1) is 13.7. The number of nitro benzene ring substituents is 1. The molecule has 2 rings (SSSR count). The second kappa shape index (κ2) is 5.09. The molecule has 0 saturated carbocycles. The van der Waals surface area contributed by atoms with E-state index in [1.165, 1.54) is 18.3 Å². The van der Waals surface area contributed by atoms with Crippen molar-refractivity contribution in [2.45, 2.75) is 4.90 Å². The van der Waals surface area contributed by atoms with Gasteiger partial charge in [0.2, 0.25) is 0 Å². The summed E-state index contributed by atoms with van der Waals surface area (Å²) < 4.78 is 26.2. The van der Waals surface area contributed by atoms with Gasteiger partial charge >= 0.3 is 0 Å². The van der Waals surface area contributed by atoms with Gasteiger partial charge in [0.15, 0.2) is 5.82 Å². The van der Waals surface area contributed by atoms with Crippen molar-refractivity contribution in [3.8, 4) is 0 Å². The van der Waals surface area contributed by atoms with Crippen LogP contribution in [-0.4, -0.2) is 23.5 Å². The number of aromatic nitrogens is 2. The molecule has 2 aromatic rings. The standard InChI is InChI=1S/C10H9N5O4S/c11-8-6-7(3-4-9(8)15(16)17)20(18,19)14-10-2-1-5-12-13-10/h1-6H,11H2,(H,13,14). The van der Waals surface area contributed by atoms with Crippen molar-refractivity contribution < 1.29 is 13.3 Å². The van der Waals surface area contributed by atoms with Gasteiger partial charge in [0.05, 0.1) is 9.82 Å². The highest BCUT2D eigenvalue weighted by Gasteiger charge is 2.19. The normalized spacial score (nSPS) is 11.0. The fourth-order valence-corrected chi connectivity index (χ4v) is 2.45. The number of nitrogens with two attached hydrogens (primary N) is 1. The molecule has 0 aliphatic heterocycles. The minimum atomic E-state index is -3.93. The lowest BCUT2D eigenvalue weighted by Crippen LogP contribution is -2.14. The molecule has 1 aromatic carbocycles. The van der Waals surface area contributed by atoms with E-state index in [0.29, 0.717) is 0 Å². The molecular weight excluding hydrogens is 286 g/mol. The maximum atomic E-state index is 12.0. The average molecular weight is 295 g/mol. The first-order valence-electron chi connectivity index (χ1n) is 5.24. The number of nitrogens with zero attached hydrogens (tertiary/aromatic N) is 3. The predicted octanol–water partition coefficient (Wildman–Crippen LogP) is 0.768. The molecule has 9 nitrogen and oxygen atoms in total. The van der Waals surface area contributed by atoms with E-state index in [1.54, 1.807) is 0 Å². The van der Waals surface area contributed by atoms with Crippen LogP contribution in [-0.2, 0) is 10.0 Å². The lowest BCUT2D eigenvalue weighted by Gasteiger charge is -2.07. The molecule has 20 heavy (non-hydrogen) atoms. The van der Waals surface area contributed by atoms with E-state index in [4.69, 9.17) is 5.73 Å². The van der Waals surface area contributed by atoms with E-state index in [1.807, 2.05) is 0 Å². The van der Waals surface area contributed by atoms with E-state index in [9.17, 15) is 18.5 Å². The van der Waals surface area contributed by atoms with Gasteiger partial charge in [0.1, 0.15) is 5.69 Å². The minimum absolute atomic E-state index is 0.0319. The van der Waals surface area contributed by atoms with Crippen molar-refractivity contribution in [2.75, 3.05) is 10.5 Å². The van der Waals surface area contributed by atoms with Crippen LogP contribution in [0.4, 0.5) is 17.2 Å². The second-order valence-corrected chi connectivity index (χ2v) is 5.37. The summed E-state index contributed by atoms with van der Waals surface area (Å²) in [5.41, 5.74) is 4.85. The number of nitrogen functional groups attached to an aromatic ring is 1. The maximum absolute atomic E-state index is 12.0. The molecule has 10 heteroatoms. The van der Waals surface area contributed by atoms with Gasteiger partial charge < -0.3 is 5.73 Å². The Bertz CT molecular complexity index is 747. The van der Waals surface area contributed by atoms with Crippen LogP contribution in [0.15, 0.2) is 41.4 Å². The first-order chi connectivity index (χ1) is 9.40. The number of hydrogen-bond donors (Lipinski definition) is 2. The highest BCUT2D eigenvalue weighted by Crippen LogP contribution is 2.25. The van der Waals surface area contributed by atoms with Crippen LogP contribution in [0.2, 0.25) is 0 Å². The van der Waals surface area contributed by atoms with Crippen LogP contribution in [0, 0.1) is 10.1 Å². The summed E-state index contributed by atoms with van der Waals surface area (Å²) in [6.07, 6.45) is 1.39. The molecule has 1 aromatic heterocycles. The van der Waals surface area contributed by atoms with Crippen LogP contribution in [0.3, 0.4) is 0 Å². The van der Waals surface area contributed by atoms with Gasteiger partial charge in [-0.25, -0.2) is 8.42 Å². The number of anilines is 2. The predicted molar refractivity (Wildman–Crippen MR) is 70.3 cm³/mol. The average Bonchev–Trinajstić information content (AvgIpc) is 2.38. The zero-order valence-corrected chi connectivity index (χ0v) is 10.7. The lowest BCUT2D eigenvalue weighted by molar-refractivity contribution is -0.383. The molecule has 0 amide bonds. The maximum Gasteiger partial charge on any atom is 0.292 e. The first-order valence-corrected chi connectivity index (χ1v) is 6.73. The molecule has 0 bridgehead atoms. The highest BCUT2D eigenvalue weighted by atomic mass is 32.2. The van der Waals surface area contributed by atoms with Crippen LogP contribution >= 0.6 is 0 Å². The Morgan fingerprint density at radius 1 is 1.30 bits per heavy atom. The molecule has 0 unspecified atom stereocenters. The van der Waals surface area contributed by atoms with Crippen molar-refractivity contribution in [3.05, 3.63) is 46.6 Å². The highest BCUT2D eigenvalue weighted by molar-refractivity contribution is 7.92. The summed E-state index contributed by atoms with van der Waals surface area (Å²) in [7, 11) is -3.93. The third-order valence-corrected chi connectivity index (χ3v) is 3.67. The van der Waals surface area contributed by atoms with Crippen LogP contribution < -0.4 is 10.5 Å². The van der Waals surface area contributed by atoms with Crippen LogP contribution in [0.5, 0.6) is 0 Å². The van der Waals surface area contributed by atoms with Gasteiger partial charge in [-0.05, 0) is 24.3 Å². The summed E-state index contributed by atoms with van der Waals surface area (Å²) in [6.45, 7) is 0. The monoisotopic (exact) mass is 295 g/mol. The molecule has 0 saturated heterocycles. The summed E-state index contributed by atoms with van der Waals surface area (Å²) in [5, 5.41) is 17.7. The number of sulfonamides is 1. The molecule has 0 aliphatic rings. The molecule has 0 spiro atoms. The molecule has 0 aliphatic carbocycles. The molecule has 0 atom stereocenters. The van der Waals surface area contributed by atoms with E-state index < -0.39 is 14.9 Å². The van der Waals surface area contributed by atoms with Crippen LogP contribution in [0.1, 0.15) is 0 Å². The van der Waals surface area contributed by atoms with E-state index in [-0.39, 0.29) is 22.1 Å². The third kappa shape index (κ3) is 2.80. The third-order valence-electron chi connectivity index (χ3n) is 2.32. The van der Waals surface area contributed by atoms with Gasteiger partial charge in [-0.15, -0.1) is 5.10 Å². The lowest BCUT2D eigenvalue weighted by atomic mass is 10.3. The van der Waals surface area contributed by atoms with Crippen LogP contribution in [0.25, 0.3) is 0 Å². The van der Waals surface area contributed by atoms with Gasteiger partial charge in [-0.1, -0.05) is 0 Å². The Morgan fingerprint density at radius 3 is 2.60 bits per heavy atom. The van der Waals surface area contributed by atoms with E-state index >= 15 is 0 Å². The number of nitro groups is 1. The fourth-order valence-electron chi connectivity index (χ4n) is 1.42. The van der Waals surface area contributed by atoms with Gasteiger partial charge in [-0.3, -0.25) is 14.8 Å². The fraction of sp³-hybridized carbons (Fsp3) is 0. The quantitative estimate of drug-likeness (QED) is 0.482. The van der Waals surface area contributed by atoms with E-state index in [0.717, 1.165) is 18.2 Å². The topological polar surface area (TPSA) is 141 Å². The van der Waals surface area contributed by atoms with Crippen molar-refractivity contribution in [1.29, 1.82) is 0 Å². The summed E-state index contributed by atoms with van der Waals surface area (Å²) in [5.74, 6) is 0.0319. The number of rotatable bonds is 4. The summed E-state index contributed by atoms with van der Waals surface area (Å²) in [6, 6.07) is 6.05. The molecule has 0 radical (unpaired) electrons. The van der Waals surface area contributed by atoms with E-state index in [2.05, 4.69) is 14.9 Å². The van der Waals surface area contributed by atoms with Crippen molar-refractivity contribution >= 4 is 27.2 Å².